The number of nitrogens with one attached hydrogen (secondary N) is 1. The van der Waals surface area contributed by atoms with Crippen LogP contribution >= 0.6 is 0 Å². The standard InChI is InChI=1S/C18H21N5O2/c1-11(10-24)12(2)20-18(25)16-13(3)23(22-21-16)15-8-4-6-14-7-5-9-19-17(14)15/h4-9,11-12,24H,10H2,1-3H3,(H,20,25). The monoisotopic (exact) mass is 339 g/mol. The molecule has 0 aliphatic heterocycles. The minimum absolute atomic E-state index is 0.00872. The fourth-order valence-corrected chi connectivity index (χ4v) is 2.60. The summed E-state index contributed by atoms with van der Waals surface area (Å²) < 4.78 is 1.63. The van der Waals surface area contributed by atoms with Gasteiger partial charge in [-0.1, -0.05) is 30.3 Å². The summed E-state index contributed by atoms with van der Waals surface area (Å²) in [5.41, 5.74) is 2.48. The van der Waals surface area contributed by atoms with Crippen LogP contribution < -0.4 is 5.32 Å². The number of nitrogens with zero attached hydrogens (tertiary/aromatic N) is 4. The zero-order chi connectivity index (χ0) is 18.0. The van der Waals surface area contributed by atoms with Crippen molar-refractivity contribution in [3.05, 3.63) is 47.9 Å². The number of aliphatic hydroxyl groups excluding tert-OH is 1. The molecule has 130 valence electrons. The Morgan fingerprint density at radius 2 is 2.04 bits per heavy atom. The summed E-state index contributed by atoms with van der Waals surface area (Å²) in [6.45, 7) is 5.54. The van der Waals surface area contributed by atoms with E-state index in [2.05, 4.69) is 20.6 Å². The van der Waals surface area contributed by atoms with Gasteiger partial charge >= 0.3 is 0 Å². The number of aliphatic hydroxyl groups is 1. The van der Waals surface area contributed by atoms with E-state index in [1.165, 1.54) is 0 Å². The Hall–Kier alpha value is -2.80. The maximum atomic E-state index is 12.5. The van der Waals surface area contributed by atoms with Gasteiger partial charge in [0.15, 0.2) is 5.69 Å². The Kier molecular flexibility index (Phi) is 4.76. The van der Waals surface area contributed by atoms with E-state index in [9.17, 15) is 9.90 Å². The number of para-hydroxylation sites is 1. The van der Waals surface area contributed by atoms with Crippen LogP contribution in [0.5, 0.6) is 0 Å². The molecule has 2 N–H and O–H groups in total. The molecule has 0 aliphatic carbocycles. The first kappa shape index (κ1) is 17.0. The number of carbonyl (C=O) groups excluding carboxylic acids is 1. The zero-order valence-electron chi connectivity index (χ0n) is 14.5. The lowest BCUT2D eigenvalue weighted by Crippen LogP contribution is -2.38. The topological polar surface area (TPSA) is 92.9 Å². The minimum atomic E-state index is -0.301. The average Bonchev–Trinajstić information content (AvgIpc) is 3.01. The van der Waals surface area contributed by atoms with E-state index in [1.54, 1.807) is 17.8 Å². The van der Waals surface area contributed by atoms with E-state index in [-0.39, 0.29) is 30.2 Å². The molecule has 0 aliphatic rings. The molecule has 3 aromatic rings. The van der Waals surface area contributed by atoms with Crippen LogP contribution in [0.2, 0.25) is 0 Å². The van der Waals surface area contributed by atoms with Gasteiger partial charge in [-0.2, -0.15) is 0 Å². The highest BCUT2D eigenvalue weighted by Crippen LogP contribution is 2.21. The van der Waals surface area contributed by atoms with Gasteiger partial charge < -0.3 is 10.4 Å². The smallest absolute Gasteiger partial charge is 0.273 e. The Balaban J connectivity index is 1.95. The Labute approximate surface area is 145 Å². The van der Waals surface area contributed by atoms with E-state index < -0.39 is 0 Å². The fourth-order valence-electron chi connectivity index (χ4n) is 2.60. The van der Waals surface area contributed by atoms with Crippen molar-refractivity contribution in [1.82, 2.24) is 25.3 Å². The molecule has 25 heavy (non-hydrogen) atoms. The van der Waals surface area contributed by atoms with Gasteiger partial charge in [0, 0.05) is 24.2 Å². The van der Waals surface area contributed by atoms with E-state index in [0.29, 0.717) is 5.69 Å². The fraction of sp³-hybridized carbons (Fsp3) is 0.333. The number of carbonyl (C=O) groups is 1. The van der Waals surface area contributed by atoms with Gasteiger partial charge in [0.05, 0.1) is 16.9 Å². The molecular weight excluding hydrogens is 318 g/mol. The SMILES string of the molecule is Cc1c(C(=O)NC(C)C(C)CO)nnn1-c1cccc2cccnc12. The van der Waals surface area contributed by atoms with Gasteiger partial charge in [0.2, 0.25) is 0 Å². The number of hydrogen-bond donors (Lipinski definition) is 2. The van der Waals surface area contributed by atoms with E-state index >= 15 is 0 Å². The van der Waals surface area contributed by atoms with Crippen LogP contribution in [0.25, 0.3) is 16.6 Å². The van der Waals surface area contributed by atoms with Crippen LogP contribution in [0.1, 0.15) is 30.0 Å². The summed E-state index contributed by atoms with van der Waals surface area (Å²) in [4.78, 5) is 16.9. The zero-order valence-corrected chi connectivity index (χ0v) is 14.5. The van der Waals surface area contributed by atoms with Crippen LogP contribution in [0.15, 0.2) is 36.5 Å². The van der Waals surface area contributed by atoms with Crippen LogP contribution in [0.4, 0.5) is 0 Å². The van der Waals surface area contributed by atoms with Gasteiger partial charge in [-0.25, -0.2) is 4.68 Å². The van der Waals surface area contributed by atoms with Gasteiger partial charge in [0.25, 0.3) is 5.91 Å². The molecule has 0 spiro atoms. The highest BCUT2D eigenvalue weighted by molar-refractivity contribution is 5.94. The molecule has 0 saturated carbocycles. The Bertz CT molecular complexity index is 900. The lowest BCUT2D eigenvalue weighted by molar-refractivity contribution is 0.0910. The summed E-state index contributed by atoms with van der Waals surface area (Å²) >= 11 is 0. The molecule has 0 saturated heterocycles. The lowest BCUT2D eigenvalue weighted by Gasteiger charge is -2.18. The number of benzene rings is 1. The molecule has 7 nitrogen and oxygen atoms in total. The van der Waals surface area contributed by atoms with Crippen molar-refractivity contribution >= 4 is 16.8 Å². The van der Waals surface area contributed by atoms with Gasteiger partial charge in [-0.3, -0.25) is 9.78 Å². The summed E-state index contributed by atoms with van der Waals surface area (Å²) in [5, 5.41) is 21.3. The van der Waals surface area contributed by atoms with Crippen molar-refractivity contribution in [2.75, 3.05) is 6.61 Å². The number of fused-ring (bicyclic) bond motifs is 1. The van der Waals surface area contributed by atoms with Crippen molar-refractivity contribution in [3.63, 3.8) is 0 Å². The largest absolute Gasteiger partial charge is 0.396 e. The maximum Gasteiger partial charge on any atom is 0.273 e. The van der Waals surface area contributed by atoms with Crippen molar-refractivity contribution in [1.29, 1.82) is 0 Å². The minimum Gasteiger partial charge on any atom is -0.396 e. The summed E-state index contributed by atoms with van der Waals surface area (Å²) in [5.74, 6) is -0.341. The van der Waals surface area contributed by atoms with Crippen LogP contribution in [-0.4, -0.2) is 43.6 Å². The van der Waals surface area contributed by atoms with Crippen LogP contribution in [-0.2, 0) is 0 Å². The third-order valence-corrected chi connectivity index (χ3v) is 4.45. The van der Waals surface area contributed by atoms with E-state index in [1.807, 2.05) is 44.2 Å². The van der Waals surface area contributed by atoms with Gasteiger partial charge in [-0.15, -0.1) is 5.10 Å². The first-order chi connectivity index (χ1) is 12.0. The number of hydrogen-bond acceptors (Lipinski definition) is 5. The van der Waals surface area contributed by atoms with Crippen LogP contribution in [0.3, 0.4) is 0 Å². The quantitative estimate of drug-likeness (QED) is 0.740. The van der Waals surface area contributed by atoms with E-state index in [4.69, 9.17) is 0 Å². The Morgan fingerprint density at radius 1 is 1.28 bits per heavy atom. The first-order valence-corrected chi connectivity index (χ1v) is 8.21. The third-order valence-electron chi connectivity index (χ3n) is 4.45. The van der Waals surface area contributed by atoms with Gasteiger partial charge in [0.1, 0.15) is 0 Å². The second-order valence-corrected chi connectivity index (χ2v) is 6.21. The molecule has 0 bridgehead atoms. The van der Waals surface area contributed by atoms with E-state index in [0.717, 1.165) is 16.6 Å². The Morgan fingerprint density at radius 3 is 2.80 bits per heavy atom. The van der Waals surface area contributed by atoms with Crippen LogP contribution in [0, 0.1) is 12.8 Å². The van der Waals surface area contributed by atoms with Crippen molar-refractivity contribution in [3.8, 4) is 5.69 Å². The molecule has 1 aromatic carbocycles. The lowest BCUT2D eigenvalue weighted by atomic mass is 10.1. The van der Waals surface area contributed by atoms with Crippen molar-refractivity contribution in [2.24, 2.45) is 5.92 Å². The summed E-state index contributed by atoms with van der Waals surface area (Å²) in [7, 11) is 0. The number of aromatic nitrogens is 4. The number of pyridine rings is 1. The molecule has 1 amide bonds. The second kappa shape index (κ2) is 6.98. The molecule has 2 aromatic heterocycles. The number of amides is 1. The summed E-state index contributed by atoms with van der Waals surface area (Å²) in [6.07, 6.45) is 1.73. The molecule has 2 unspecified atom stereocenters. The van der Waals surface area contributed by atoms with Gasteiger partial charge in [-0.05, 0) is 31.9 Å². The predicted molar refractivity (Wildman–Crippen MR) is 94.6 cm³/mol. The normalized spacial score (nSPS) is 13.6. The first-order valence-electron chi connectivity index (χ1n) is 8.21. The average molecular weight is 339 g/mol. The molecule has 7 heteroatoms. The molecule has 0 fully saturated rings. The molecule has 2 heterocycles. The maximum absolute atomic E-state index is 12.5. The highest BCUT2D eigenvalue weighted by atomic mass is 16.3. The predicted octanol–water partition coefficient (Wildman–Crippen LogP) is 1.87. The molecule has 2 atom stereocenters. The second-order valence-electron chi connectivity index (χ2n) is 6.21. The third kappa shape index (κ3) is 3.23. The summed E-state index contributed by atoms with van der Waals surface area (Å²) in [6, 6.07) is 9.48. The molecular formula is C18H21N5O2. The molecule has 3 rings (SSSR count). The van der Waals surface area contributed by atoms with Crippen molar-refractivity contribution in [2.45, 2.75) is 26.8 Å². The molecule has 0 radical (unpaired) electrons. The number of rotatable bonds is 5. The van der Waals surface area contributed by atoms with Crippen molar-refractivity contribution < 1.29 is 9.90 Å². The highest BCUT2D eigenvalue weighted by Gasteiger charge is 2.21.